The van der Waals surface area contributed by atoms with E-state index in [1.807, 2.05) is 0 Å². The molecular formula is C19H17F2N3O3. The van der Waals surface area contributed by atoms with E-state index in [2.05, 4.69) is 5.32 Å². The number of halogens is 2. The highest BCUT2D eigenvalue weighted by Gasteiger charge is 2.38. The van der Waals surface area contributed by atoms with Crippen molar-refractivity contribution in [2.75, 3.05) is 5.32 Å². The Morgan fingerprint density at radius 3 is 2.48 bits per heavy atom. The minimum atomic E-state index is -1.06. The lowest BCUT2D eigenvalue weighted by molar-refractivity contribution is -0.116. The molecule has 1 aliphatic carbocycles. The summed E-state index contributed by atoms with van der Waals surface area (Å²) in [4.78, 5) is 37.9. The van der Waals surface area contributed by atoms with Gasteiger partial charge in [0.05, 0.1) is 5.56 Å². The molecule has 4 rings (SSSR count). The molecule has 0 radical (unpaired) electrons. The molecule has 2 heterocycles. The molecule has 1 aromatic carbocycles. The molecule has 8 heteroatoms. The average molecular weight is 373 g/mol. The van der Waals surface area contributed by atoms with E-state index in [0.717, 1.165) is 16.7 Å². The molecule has 0 fully saturated rings. The molecule has 0 saturated carbocycles. The van der Waals surface area contributed by atoms with Crippen molar-refractivity contribution in [3.8, 4) is 0 Å². The number of benzene rings is 1. The number of anilines is 1. The maximum atomic E-state index is 13.9. The Hall–Kier alpha value is -3.03. The van der Waals surface area contributed by atoms with Crippen molar-refractivity contribution in [1.82, 2.24) is 9.13 Å². The van der Waals surface area contributed by atoms with Gasteiger partial charge in [0, 0.05) is 37.7 Å². The Morgan fingerprint density at radius 2 is 1.78 bits per heavy atom. The molecule has 1 unspecified atom stereocenters. The largest absolute Gasteiger partial charge is 0.344 e. The predicted molar refractivity (Wildman–Crippen MR) is 94.6 cm³/mol. The summed E-state index contributed by atoms with van der Waals surface area (Å²) in [6, 6.07) is 3.35. The van der Waals surface area contributed by atoms with Crippen LogP contribution in [-0.2, 0) is 18.9 Å². The Labute approximate surface area is 152 Å². The van der Waals surface area contributed by atoms with Crippen LogP contribution in [0.5, 0.6) is 0 Å². The van der Waals surface area contributed by atoms with E-state index in [1.54, 1.807) is 0 Å². The lowest BCUT2D eigenvalue weighted by Gasteiger charge is -2.34. The first-order valence-electron chi connectivity index (χ1n) is 8.59. The molecule has 0 spiro atoms. The van der Waals surface area contributed by atoms with Crippen LogP contribution < -0.4 is 16.6 Å². The summed E-state index contributed by atoms with van der Waals surface area (Å²) in [6.45, 7) is 0. The highest BCUT2D eigenvalue weighted by Crippen LogP contribution is 2.43. The van der Waals surface area contributed by atoms with Crippen LogP contribution in [-0.4, -0.2) is 14.9 Å². The fourth-order valence-corrected chi connectivity index (χ4v) is 3.92. The zero-order chi connectivity index (χ0) is 19.5. The second kappa shape index (κ2) is 6.00. The molecule has 2 aliphatic rings. The normalized spacial score (nSPS) is 18.8. The first-order chi connectivity index (χ1) is 12.8. The summed E-state index contributed by atoms with van der Waals surface area (Å²) in [5.41, 5.74) is 0.406. The summed E-state index contributed by atoms with van der Waals surface area (Å²) in [5.74, 6) is -2.78. The first kappa shape index (κ1) is 17.4. The van der Waals surface area contributed by atoms with E-state index in [1.165, 1.54) is 24.7 Å². The van der Waals surface area contributed by atoms with Crippen molar-refractivity contribution in [1.29, 1.82) is 0 Å². The second-order valence-corrected chi connectivity index (χ2v) is 6.87. The van der Waals surface area contributed by atoms with Gasteiger partial charge in [-0.1, -0.05) is 6.07 Å². The number of rotatable bonds is 1. The SMILES string of the molecule is Cn1c2c(c(=O)n(C)c1=O)C(c1ccc(F)c(F)c1)C1=C(CCCC1=O)N2. The van der Waals surface area contributed by atoms with Crippen LogP contribution in [0.3, 0.4) is 0 Å². The average Bonchev–Trinajstić information content (AvgIpc) is 2.65. The highest BCUT2D eigenvalue weighted by molar-refractivity contribution is 6.00. The van der Waals surface area contributed by atoms with Gasteiger partial charge in [0.1, 0.15) is 5.82 Å². The molecule has 1 aliphatic heterocycles. The topological polar surface area (TPSA) is 73.1 Å². The van der Waals surface area contributed by atoms with Crippen LogP contribution in [0, 0.1) is 11.6 Å². The lowest BCUT2D eigenvalue weighted by atomic mass is 9.76. The van der Waals surface area contributed by atoms with Gasteiger partial charge in [0.2, 0.25) is 0 Å². The Morgan fingerprint density at radius 1 is 1.04 bits per heavy atom. The first-order valence-corrected chi connectivity index (χ1v) is 8.59. The summed E-state index contributed by atoms with van der Waals surface area (Å²) >= 11 is 0. The zero-order valence-corrected chi connectivity index (χ0v) is 14.8. The maximum absolute atomic E-state index is 13.9. The monoisotopic (exact) mass is 373 g/mol. The number of hydrogen-bond acceptors (Lipinski definition) is 4. The molecule has 1 N–H and O–H groups in total. The Balaban J connectivity index is 2.09. The van der Waals surface area contributed by atoms with Crippen LogP contribution in [0.15, 0.2) is 39.1 Å². The van der Waals surface area contributed by atoms with Gasteiger partial charge in [0.15, 0.2) is 17.4 Å². The number of nitrogens with zero attached hydrogens (tertiary/aromatic N) is 2. The van der Waals surface area contributed by atoms with E-state index >= 15 is 0 Å². The number of carbonyl (C=O) groups is 1. The molecule has 0 saturated heterocycles. The van der Waals surface area contributed by atoms with Gasteiger partial charge >= 0.3 is 5.69 Å². The smallest absolute Gasteiger partial charge is 0.332 e. The maximum Gasteiger partial charge on any atom is 0.332 e. The fraction of sp³-hybridized carbons (Fsp3) is 0.316. The Kier molecular flexibility index (Phi) is 3.87. The van der Waals surface area contributed by atoms with Crippen molar-refractivity contribution in [2.45, 2.75) is 25.2 Å². The van der Waals surface area contributed by atoms with Crippen molar-refractivity contribution in [2.24, 2.45) is 14.1 Å². The predicted octanol–water partition coefficient (Wildman–Crippen LogP) is 1.93. The summed E-state index contributed by atoms with van der Waals surface area (Å²) in [5, 5.41) is 3.07. The van der Waals surface area contributed by atoms with Gasteiger partial charge < -0.3 is 5.32 Å². The van der Waals surface area contributed by atoms with E-state index < -0.39 is 28.8 Å². The highest BCUT2D eigenvalue weighted by atomic mass is 19.2. The number of ketones is 1. The van der Waals surface area contributed by atoms with Gasteiger partial charge in [-0.05, 0) is 30.5 Å². The van der Waals surface area contributed by atoms with Crippen LogP contribution in [0.4, 0.5) is 14.6 Å². The molecule has 1 atom stereocenters. The molecule has 6 nitrogen and oxygen atoms in total. The Bertz CT molecular complexity index is 1140. The van der Waals surface area contributed by atoms with Crippen LogP contribution in [0.1, 0.15) is 36.3 Å². The van der Waals surface area contributed by atoms with E-state index in [0.29, 0.717) is 36.1 Å². The third-order valence-corrected chi connectivity index (χ3v) is 5.28. The van der Waals surface area contributed by atoms with Crippen molar-refractivity contribution < 1.29 is 13.6 Å². The number of Topliss-reactive ketones (excluding diaryl/α,β-unsaturated/α-hetero) is 1. The van der Waals surface area contributed by atoms with Gasteiger partial charge in [-0.15, -0.1) is 0 Å². The van der Waals surface area contributed by atoms with Crippen LogP contribution >= 0.6 is 0 Å². The zero-order valence-electron chi connectivity index (χ0n) is 14.8. The number of allylic oxidation sites excluding steroid dienone is 2. The van der Waals surface area contributed by atoms with Crippen molar-refractivity contribution in [3.63, 3.8) is 0 Å². The number of hydrogen-bond donors (Lipinski definition) is 1. The van der Waals surface area contributed by atoms with Crippen molar-refractivity contribution in [3.05, 3.63) is 73.1 Å². The minimum Gasteiger partial charge on any atom is -0.344 e. The molecule has 0 amide bonds. The van der Waals surface area contributed by atoms with E-state index in [4.69, 9.17) is 0 Å². The third kappa shape index (κ3) is 2.47. The van der Waals surface area contributed by atoms with Crippen molar-refractivity contribution >= 4 is 11.6 Å². The molecular weight excluding hydrogens is 356 g/mol. The number of aromatic nitrogens is 2. The number of nitrogens with one attached hydrogen (secondary N) is 1. The quantitative estimate of drug-likeness (QED) is 0.829. The molecule has 140 valence electrons. The number of carbonyl (C=O) groups excluding carboxylic acids is 1. The molecule has 27 heavy (non-hydrogen) atoms. The number of fused-ring (bicyclic) bond motifs is 1. The van der Waals surface area contributed by atoms with Gasteiger partial charge in [-0.25, -0.2) is 13.6 Å². The molecule has 0 bridgehead atoms. The van der Waals surface area contributed by atoms with Gasteiger partial charge in [0.25, 0.3) is 5.56 Å². The van der Waals surface area contributed by atoms with Gasteiger partial charge in [-0.3, -0.25) is 18.7 Å². The van der Waals surface area contributed by atoms with E-state index in [9.17, 15) is 23.2 Å². The standard InChI is InChI=1S/C19H17F2N3O3/c1-23-17-16(18(26)24(2)19(23)27)14(9-6-7-10(20)11(21)8-9)15-12(22-17)4-3-5-13(15)25/h6-8,14,22H,3-5H2,1-2H3. The summed E-state index contributed by atoms with van der Waals surface area (Å²) < 4.78 is 29.6. The second-order valence-electron chi connectivity index (χ2n) is 6.87. The van der Waals surface area contributed by atoms with Crippen LogP contribution in [0.25, 0.3) is 0 Å². The summed E-state index contributed by atoms with van der Waals surface area (Å²) in [7, 11) is 2.87. The lowest BCUT2D eigenvalue weighted by Crippen LogP contribution is -2.44. The van der Waals surface area contributed by atoms with Crippen LogP contribution in [0.2, 0.25) is 0 Å². The summed E-state index contributed by atoms with van der Waals surface area (Å²) in [6.07, 6.45) is 1.54. The molecule has 2 aromatic rings. The van der Waals surface area contributed by atoms with E-state index in [-0.39, 0.29) is 17.2 Å². The minimum absolute atomic E-state index is 0.139. The molecule has 1 aromatic heterocycles. The fourth-order valence-electron chi connectivity index (χ4n) is 3.92. The van der Waals surface area contributed by atoms with Gasteiger partial charge in [-0.2, -0.15) is 0 Å². The third-order valence-electron chi connectivity index (χ3n) is 5.28.